The van der Waals surface area contributed by atoms with Gasteiger partial charge in [0, 0.05) is 18.2 Å². The summed E-state index contributed by atoms with van der Waals surface area (Å²) in [6.07, 6.45) is 6.76. The number of nitrogens with zero attached hydrogens (tertiary/aromatic N) is 3. The van der Waals surface area contributed by atoms with Crippen LogP contribution in [-0.2, 0) is 11.3 Å². The Morgan fingerprint density at radius 2 is 2.00 bits per heavy atom. The second-order valence-corrected chi connectivity index (χ2v) is 9.62. The Kier molecular flexibility index (Phi) is 4.32. The van der Waals surface area contributed by atoms with Gasteiger partial charge in [-0.15, -0.1) is 11.3 Å². The molecular formula is C24H26N4OS. The van der Waals surface area contributed by atoms with Crippen molar-refractivity contribution in [2.45, 2.75) is 51.8 Å². The second-order valence-electron chi connectivity index (χ2n) is 8.62. The molecule has 0 spiro atoms. The lowest BCUT2D eigenvalue weighted by molar-refractivity contribution is 0.186. The van der Waals surface area contributed by atoms with Gasteiger partial charge in [-0.3, -0.25) is 0 Å². The average molecular weight is 419 g/mol. The number of aromatic nitrogens is 3. The highest BCUT2D eigenvalue weighted by Crippen LogP contribution is 2.51. The van der Waals surface area contributed by atoms with E-state index in [-0.39, 0.29) is 6.17 Å². The van der Waals surface area contributed by atoms with Crippen LogP contribution in [0, 0.1) is 12.8 Å². The van der Waals surface area contributed by atoms with Gasteiger partial charge in [0.25, 0.3) is 0 Å². The van der Waals surface area contributed by atoms with E-state index in [0.29, 0.717) is 12.5 Å². The van der Waals surface area contributed by atoms with Crippen molar-refractivity contribution in [3.05, 3.63) is 41.6 Å². The Hall–Kier alpha value is -2.44. The summed E-state index contributed by atoms with van der Waals surface area (Å²) in [7, 11) is 1.76. The lowest BCUT2D eigenvalue weighted by Crippen LogP contribution is -2.31. The molecule has 1 aliphatic heterocycles. The van der Waals surface area contributed by atoms with Crippen molar-refractivity contribution in [1.29, 1.82) is 0 Å². The monoisotopic (exact) mass is 418 g/mol. The predicted octanol–water partition coefficient (Wildman–Crippen LogP) is 6.27. The number of benzene rings is 1. The number of nitrogens with one attached hydrogen (secondary N) is 1. The van der Waals surface area contributed by atoms with E-state index in [1.54, 1.807) is 18.4 Å². The van der Waals surface area contributed by atoms with Crippen molar-refractivity contribution in [2.75, 3.05) is 12.4 Å². The third-order valence-corrected chi connectivity index (χ3v) is 7.72. The van der Waals surface area contributed by atoms with Gasteiger partial charge < -0.3 is 14.6 Å². The van der Waals surface area contributed by atoms with E-state index in [0.717, 1.165) is 21.9 Å². The fraction of sp³-hybridized carbons (Fsp3) is 0.417. The van der Waals surface area contributed by atoms with Crippen LogP contribution in [0.3, 0.4) is 0 Å². The Morgan fingerprint density at radius 3 is 2.83 bits per heavy atom. The van der Waals surface area contributed by atoms with Gasteiger partial charge in [0.1, 0.15) is 11.0 Å². The zero-order valence-electron chi connectivity index (χ0n) is 17.4. The zero-order valence-corrected chi connectivity index (χ0v) is 18.3. The van der Waals surface area contributed by atoms with Crippen molar-refractivity contribution in [2.24, 2.45) is 5.92 Å². The van der Waals surface area contributed by atoms with Crippen LogP contribution in [0.2, 0.25) is 0 Å². The van der Waals surface area contributed by atoms with Gasteiger partial charge in [0.05, 0.1) is 28.2 Å². The number of fused-ring (bicyclic) bond motifs is 7. The number of anilines is 1. The van der Waals surface area contributed by atoms with Crippen LogP contribution in [0.4, 0.5) is 5.69 Å². The maximum Gasteiger partial charge on any atom is 0.155 e. The minimum atomic E-state index is 0.231. The number of ether oxygens (including phenoxy) is 1. The number of pyridine rings is 1. The number of hydrogen-bond donors (Lipinski definition) is 1. The summed E-state index contributed by atoms with van der Waals surface area (Å²) >= 11 is 1.75. The molecule has 30 heavy (non-hydrogen) atoms. The largest absolute Gasteiger partial charge is 0.380 e. The summed E-state index contributed by atoms with van der Waals surface area (Å²) in [5, 5.41) is 5.19. The molecule has 6 heteroatoms. The summed E-state index contributed by atoms with van der Waals surface area (Å²) in [5.41, 5.74) is 5.73. The average Bonchev–Trinajstić information content (AvgIpc) is 3.32. The number of methoxy groups -OCH3 is 1. The third-order valence-electron chi connectivity index (χ3n) is 6.64. The molecule has 5 nitrogen and oxygen atoms in total. The van der Waals surface area contributed by atoms with Crippen LogP contribution in [0.25, 0.3) is 32.0 Å². The molecule has 1 N–H and O–H groups in total. The van der Waals surface area contributed by atoms with Crippen LogP contribution >= 0.6 is 11.3 Å². The van der Waals surface area contributed by atoms with Crippen molar-refractivity contribution in [3.63, 3.8) is 0 Å². The quantitative estimate of drug-likeness (QED) is 0.426. The van der Waals surface area contributed by atoms with Gasteiger partial charge in [-0.05, 0) is 49.4 Å². The van der Waals surface area contributed by atoms with E-state index in [9.17, 15) is 0 Å². The first kappa shape index (κ1) is 18.3. The van der Waals surface area contributed by atoms with E-state index in [4.69, 9.17) is 14.7 Å². The summed E-state index contributed by atoms with van der Waals surface area (Å²) in [6.45, 7) is 2.65. The van der Waals surface area contributed by atoms with Gasteiger partial charge in [-0.1, -0.05) is 31.4 Å². The van der Waals surface area contributed by atoms with Gasteiger partial charge in [-0.2, -0.15) is 0 Å². The van der Waals surface area contributed by atoms with Crippen LogP contribution < -0.4 is 5.32 Å². The van der Waals surface area contributed by atoms with Gasteiger partial charge in [-0.25, -0.2) is 9.97 Å². The maximum absolute atomic E-state index is 5.54. The first-order chi connectivity index (χ1) is 14.7. The van der Waals surface area contributed by atoms with E-state index in [1.165, 1.54) is 59.1 Å². The molecule has 3 aromatic heterocycles. The topological polar surface area (TPSA) is 52.0 Å². The minimum absolute atomic E-state index is 0.231. The molecule has 0 amide bonds. The van der Waals surface area contributed by atoms with E-state index < -0.39 is 0 Å². The number of para-hydroxylation sites is 2. The lowest BCUT2D eigenvalue weighted by atomic mass is 9.86. The summed E-state index contributed by atoms with van der Waals surface area (Å²) in [5.74, 6) is 1.70. The molecule has 1 aliphatic carbocycles. The zero-order chi connectivity index (χ0) is 20.2. The molecule has 1 unspecified atom stereocenters. The molecule has 1 fully saturated rings. The highest BCUT2D eigenvalue weighted by Gasteiger charge is 2.36. The van der Waals surface area contributed by atoms with Crippen LogP contribution in [0.15, 0.2) is 30.3 Å². The maximum atomic E-state index is 5.54. The molecule has 0 saturated heterocycles. The van der Waals surface area contributed by atoms with E-state index in [2.05, 4.69) is 47.1 Å². The fourth-order valence-electron chi connectivity index (χ4n) is 5.35. The third kappa shape index (κ3) is 2.70. The number of hydrogen-bond acceptors (Lipinski definition) is 5. The molecule has 1 atom stereocenters. The number of thiophene rings is 1. The Morgan fingerprint density at radius 1 is 1.17 bits per heavy atom. The fourth-order valence-corrected chi connectivity index (χ4v) is 6.57. The summed E-state index contributed by atoms with van der Waals surface area (Å²) < 4.78 is 8.00. The normalized spacial score (nSPS) is 19.1. The Labute approximate surface area is 180 Å². The molecule has 6 rings (SSSR count). The molecule has 1 aromatic carbocycles. The Balaban J connectivity index is 1.63. The summed E-state index contributed by atoms with van der Waals surface area (Å²) in [6, 6.07) is 10.7. The van der Waals surface area contributed by atoms with E-state index >= 15 is 0 Å². The number of aryl methyl sites for hydroxylation is 1. The summed E-state index contributed by atoms with van der Waals surface area (Å²) in [4.78, 5) is 12.3. The lowest BCUT2D eigenvalue weighted by Gasteiger charge is -2.36. The molecule has 0 bridgehead atoms. The van der Waals surface area contributed by atoms with Crippen LogP contribution in [-0.4, -0.2) is 21.6 Å². The molecule has 2 aliphatic rings. The number of imidazole rings is 1. The molecular weight excluding hydrogens is 392 g/mol. The van der Waals surface area contributed by atoms with Crippen molar-refractivity contribution in [3.8, 4) is 10.7 Å². The highest BCUT2D eigenvalue weighted by molar-refractivity contribution is 7.22. The molecule has 0 radical (unpaired) electrons. The molecule has 4 aromatic rings. The van der Waals surface area contributed by atoms with Gasteiger partial charge in [0.15, 0.2) is 5.82 Å². The van der Waals surface area contributed by atoms with Crippen molar-refractivity contribution in [1.82, 2.24) is 14.5 Å². The van der Waals surface area contributed by atoms with E-state index in [1.807, 2.05) is 0 Å². The molecule has 154 valence electrons. The molecule has 4 heterocycles. The smallest absolute Gasteiger partial charge is 0.155 e. The van der Waals surface area contributed by atoms with Crippen LogP contribution in [0.1, 0.15) is 49.5 Å². The molecule has 1 saturated carbocycles. The van der Waals surface area contributed by atoms with Crippen molar-refractivity contribution < 1.29 is 4.74 Å². The van der Waals surface area contributed by atoms with Gasteiger partial charge >= 0.3 is 0 Å². The first-order valence-corrected chi connectivity index (χ1v) is 11.7. The predicted molar refractivity (Wildman–Crippen MR) is 123 cm³/mol. The number of rotatable bonds is 3. The van der Waals surface area contributed by atoms with Crippen LogP contribution in [0.5, 0.6) is 0 Å². The SMILES string of the molecule is COCc1cc(C)nc2sc3c(c12)NC(C1CCCCC1)n1c-3nc2ccccc21. The Bertz CT molecular complexity index is 1250. The van der Waals surface area contributed by atoms with Crippen molar-refractivity contribution >= 4 is 38.3 Å². The second kappa shape index (κ2) is 7.06. The minimum Gasteiger partial charge on any atom is -0.380 e. The first-order valence-electron chi connectivity index (χ1n) is 10.9. The van der Waals surface area contributed by atoms with Gasteiger partial charge in [0.2, 0.25) is 0 Å². The highest BCUT2D eigenvalue weighted by atomic mass is 32.1. The standard InChI is InChI=1S/C24H26N4OS/c1-14-12-16(13-29-2)19-20-21(30-24(19)25-14)23-26-17-10-6-7-11-18(17)28(23)22(27-20)15-8-4-3-5-9-15/h6-7,10-12,15,22,27H,3-5,8-9,13H2,1-2H3.